The Morgan fingerprint density at radius 2 is 2.07 bits per heavy atom. The maximum absolute atomic E-state index is 11.6. The molecular weight excluding hydrogens is 408 g/mol. The number of aromatic nitrogens is 2. The molecule has 9 nitrogen and oxygen atoms in total. The minimum absolute atomic E-state index is 0.0463. The van der Waals surface area contributed by atoms with Crippen LogP contribution in [0.5, 0.6) is 0 Å². The van der Waals surface area contributed by atoms with Crippen molar-refractivity contribution in [2.75, 3.05) is 13.1 Å². The van der Waals surface area contributed by atoms with Gasteiger partial charge in [-0.05, 0) is 29.5 Å². The van der Waals surface area contributed by atoms with Crippen molar-refractivity contribution >= 4 is 34.8 Å². The molecule has 1 aromatic heterocycles. The number of nitrogens with zero attached hydrogens (tertiary/aromatic N) is 3. The molecule has 0 spiro atoms. The van der Waals surface area contributed by atoms with Gasteiger partial charge in [0.05, 0.1) is 11.6 Å². The number of carbonyl (C=O) groups is 2. The smallest absolute Gasteiger partial charge is 0.223 e. The second-order valence-corrected chi connectivity index (χ2v) is 8.64. The highest BCUT2D eigenvalue weighted by Crippen LogP contribution is 2.23. The fraction of sp³-hybridized carbons (Fsp3) is 0.550. The monoisotopic (exact) mass is 440 g/mol. The van der Waals surface area contributed by atoms with Crippen molar-refractivity contribution in [1.82, 2.24) is 20.0 Å². The number of rotatable bonds is 4. The molecule has 0 radical (unpaired) electrons. The van der Waals surface area contributed by atoms with Crippen LogP contribution in [0.2, 0.25) is 5.15 Å². The van der Waals surface area contributed by atoms with Crippen molar-refractivity contribution in [1.29, 1.82) is 0 Å². The molecule has 168 valence electrons. The number of benzene rings is 1. The number of carbonyl (C=O) groups excluding carboxylic acids is 2. The molecule has 0 aliphatic carbocycles. The van der Waals surface area contributed by atoms with E-state index >= 15 is 0 Å². The lowest BCUT2D eigenvalue weighted by Gasteiger charge is -2.22. The van der Waals surface area contributed by atoms with Crippen LogP contribution < -0.4 is 17.0 Å². The van der Waals surface area contributed by atoms with E-state index in [-0.39, 0.29) is 17.4 Å². The van der Waals surface area contributed by atoms with Gasteiger partial charge in [-0.3, -0.25) is 26.0 Å². The average Bonchev–Trinajstić information content (AvgIpc) is 3.24. The van der Waals surface area contributed by atoms with Crippen LogP contribution in [0.3, 0.4) is 0 Å². The first kappa shape index (κ1) is 25.8. The highest BCUT2D eigenvalue weighted by atomic mass is 35.5. The van der Waals surface area contributed by atoms with Crippen LogP contribution in [0.4, 0.5) is 0 Å². The molecule has 2 amide bonds. The number of likely N-dealkylation sites (tertiary alicyclic amines) is 1. The maximum atomic E-state index is 11.6. The lowest BCUT2D eigenvalue weighted by Crippen LogP contribution is -2.32. The molecule has 1 unspecified atom stereocenters. The van der Waals surface area contributed by atoms with Crippen molar-refractivity contribution in [3.63, 3.8) is 0 Å². The van der Waals surface area contributed by atoms with Crippen LogP contribution >= 0.6 is 11.6 Å². The van der Waals surface area contributed by atoms with Gasteiger partial charge >= 0.3 is 0 Å². The molecule has 1 aromatic carbocycles. The zero-order valence-electron chi connectivity index (χ0n) is 18.1. The fourth-order valence-electron chi connectivity index (χ4n) is 3.07. The van der Waals surface area contributed by atoms with Crippen molar-refractivity contribution in [2.24, 2.45) is 24.1 Å². The summed E-state index contributed by atoms with van der Waals surface area (Å²) in [5.74, 6) is 8.17. The van der Waals surface area contributed by atoms with E-state index in [1.165, 1.54) is 0 Å². The number of hydrazine groups is 1. The van der Waals surface area contributed by atoms with Crippen LogP contribution in [-0.4, -0.2) is 51.3 Å². The number of aryl methyl sites for hydroxylation is 1. The Bertz CT molecular complexity index is 834. The molecule has 1 fully saturated rings. The van der Waals surface area contributed by atoms with E-state index in [9.17, 15) is 14.7 Å². The Morgan fingerprint density at radius 1 is 1.40 bits per heavy atom. The van der Waals surface area contributed by atoms with Crippen LogP contribution in [0.25, 0.3) is 10.9 Å². The third-order valence-corrected chi connectivity index (χ3v) is 4.74. The van der Waals surface area contributed by atoms with E-state index in [1.807, 2.05) is 25.2 Å². The molecule has 3 rings (SSSR count). The second-order valence-electron chi connectivity index (χ2n) is 8.28. The standard InChI is InChI=1S/C10H10ClN3O.C10H19NO2.H4N2/c1-14-9-3-2-7(5-12-6-15)4-8(9)10(11)13-14;1-10(2,3)6-9(13)11-5-4-8(12)7-11;1-2/h2-4,6H,5H2,1H3,(H,12,15);8,12H,4-7H2,1-3H3;1-2H2. The highest BCUT2D eigenvalue weighted by Gasteiger charge is 2.27. The molecule has 1 aliphatic rings. The number of nitrogens with two attached hydrogens (primary N) is 2. The number of β-amino-alcohol motifs (C(OH)–C–C–N with tert-alkyl or cyclic N) is 1. The summed E-state index contributed by atoms with van der Waals surface area (Å²) in [4.78, 5) is 23.5. The largest absolute Gasteiger partial charge is 0.391 e. The Hall–Kier alpha value is -2.20. The van der Waals surface area contributed by atoms with Crippen LogP contribution in [0.1, 0.15) is 39.2 Å². The SMILES string of the molecule is CC(C)(C)CC(=O)N1CCC(O)C1.Cn1nc(Cl)c2cc(CNC=O)ccc21.NN. The highest BCUT2D eigenvalue weighted by molar-refractivity contribution is 6.34. The summed E-state index contributed by atoms with van der Waals surface area (Å²) < 4.78 is 1.73. The minimum atomic E-state index is -0.302. The molecule has 0 saturated carbocycles. The summed E-state index contributed by atoms with van der Waals surface area (Å²) in [6.07, 6.45) is 1.67. The second kappa shape index (κ2) is 11.8. The lowest BCUT2D eigenvalue weighted by atomic mass is 9.92. The van der Waals surface area contributed by atoms with Crippen molar-refractivity contribution in [3.8, 4) is 0 Å². The molecule has 2 heterocycles. The number of fused-ring (bicyclic) bond motifs is 1. The summed E-state index contributed by atoms with van der Waals surface area (Å²) >= 11 is 5.96. The van der Waals surface area contributed by atoms with Gasteiger partial charge in [-0.1, -0.05) is 38.4 Å². The first-order valence-corrected chi connectivity index (χ1v) is 10.1. The summed E-state index contributed by atoms with van der Waals surface area (Å²) in [5, 5.41) is 17.4. The molecule has 30 heavy (non-hydrogen) atoms. The molecule has 6 N–H and O–H groups in total. The molecule has 10 heteroatoms. The third-order valence-electron chi connectivity index (χ3n) is 4.46. The van der Waals surface area contributed by atoms with Crippen LogP contribution in [0, 0.1) is 5.41 Å². The topological polar surface area (TPSA) is 140 Å². The van der Waals surface area contributed by atoms with Crippen molar-refractivity contribution < 1.29 is 14.7 Å². The zero-order chi connectivity index (χ0) is 22.9. The van der Waals surface area contributed by atoms with Crippen LogP contribution in [0.15, 0.2) is 18.2 Å². The lowest BCUT2D eigenvalue weighted by molar-refractivity contribution is -0.132. The summed E-state index contributed by atoms with van der Waals surface area (Å²) in [5.41, 5.74) is 2.03. The normalized spacial score (nSPS) is 15.7. The molecule has 1 saturated heterocycles. The minimum Gasteiger partial charge on any atom is -0.391 e. The Balaban J connectivity index is 0.000000280. The number of hydrogen-bond donors (Lipinski definition) is 4. The van der Waals surface area contributed by atoms with Gasteiger partial charge in [0.25, 0.3) is 0 Å². The van der Waals surface area contributed by atoms with Crippen molar-refractivity contribution in [3.05, 3.63) is 28.9 Å². The first-order chi connectivity index (χ1) is 14.1. The number of aliphatic hydroxyl groups is 1. The average molecular weight is 441 g/mol. The third kappa shape index (κ3) is 7.91. The number of nitrogens with one attached hydrogen (secondary N) is 1. The van der Waals surface area contributed by atoms with Gasteiger partial charge in [0.15, 0.2) is 5.15 Å². The number of halogens is 1. The number of amides is 2. The summed E-state index contributed by atoms with van der Waals surface area (Å²) in [6.45, 7) is 7.90. The molecular formula is C20H33ClN6O3. The fourth-order valence-corrected chi connectivity index (χ4v) is 3.34. The number of hydrogen-bond acceptors (Lipinski definition) is 6. The van der Waals surface area contributed by atoms with E-state index in [0.29, 0.717) is 31.1 Å². The van der Waals surface area contributed by atoms with Crippen molar-refractivity contribution in [2.45, 2.75) is 46.3 Å². The van der Waals surface area contributed by atoms with Gasteiger partial charge in [0.2, 0.25) is 12.3 Å². The van der Waals surface area contributed by atoms with E-state index in [4.69, 9.17) is 11.6 Å². The zero-order valence-corrected chi connectivity index (χ0v) is 18.8. The molecule has 1 aliphatic heterocycles. The van der Waals surface area contributed by atoms with Gasteiger partial charge < -0.3 is 15.3 Å². The first-order valence-electron chi connectivity index (χ1n) is 9.68. The maximum Gasteiger partial charge on any atom is 0.223 e. The van der Waals surface area contributed by atoms with E-state index in [1.54, 1.807) is 9.58 Å². The Morgan fingerprint density at radius 3 is 2.60 bits per heavy atom. The predicted molar refractivity (Wildman–Crippen MR) is 118 cm³/mol. The quantitative estimate of drug-likeness (QED) is 0.321. The van der Waals surface area contributed by atoms with Gasteiger partial charge in [-0.25, -0.2) is 0 Å². The van der Waals surface area contributed by atoms with Gasteiger partial charge in [-0.2, -0.15) is 5.10 Å². The summed E-state index contributed by atoms with van der Waals surface area (Å²) in [6, 6.07) is 5.81. The van der Waals surface area contributed by atoms with E-state index < -0.39 is 0 Å². The van der Waals surface area contributed by atoms with Gasteiger partial charge in [0.1, 0.15) is 0 Å². The molecule has 0 bridgehead atoms. The predicted octanol–water partition coefficient (Wildman–Crippen LogP) is 1.31. The Labute approximate surface area is 182 Å². The Kier molecular flexibility index (Phi) is 10.2. The molecule has 1 atom stereocenters. The van der Waals surface area contributed by atoms with Crippen LogP contribution in [-0.2, 0) is 23.2 Å². The summed E-state index contributed by atoms with van der Waals surface area (Å²) in [7, 11) is 1.84. The van der Waals surface area contributed by atoms with Gasteiger partial charge in [-0.15, -0.1) is 0 Å². The van der Waals surface area contributed by atoms with E-state index in [0.717, 1.165) is 29.4 Å². The molecule has 2 aromatic rings. The number of aliphatic hydroxyl groups excluding tert-OH is 1. The van der Waals surface area contributed by atoms with E-state index in [2.05, 4.69) is 42.9 Å². The van der Waals surface area contributed by atoms with Gasteiger partial charge in [0, 0.05) is 38.5 Å².